The predicted molar refractivity (Wildman–Crippen MR) is 124 cm³/mol. The number of benzene rings is 1. The van der Waals surface area contributed by atoms with E-state index in [-0.39, 0.29) is 30.0 Å². The van der Waals surface area contributed by atoms with Crippen LogP contribution in [0.3, 0.4) is 0 Å². The second-order valence-electron chi connectivity index (χ2n) is 10.7. The largest absolute Gasteiger partial charge is 0.496 e. The lowest BCUT2D eigenvalue weighted by Gasteiger charge is -2.59. The van der Waals surface area contributed by atoms with Crippen molar-refractivity contribution in [2.45, 2.75) is 91.1 Å². The van der Waals surface area contributed by atoms with Gasteiger partial charge in [0.15, 0.2) is 0 Å². The van der Waals surface area contributed by atoms with E-state index in [1.54, 1.807) is 7.11 Å². The topological polar surface area (TPSA) is 49.7 Å². The number of unbranched alkanes of at least 4 members (excludes halogenated alkanes) is 3. The summed E-state index contributed by atoms with van der Waals surface area (Å²) in [6.07, 6.45) is 9.55. The molecule has 3 atom stereocenters. The van der Waals surface area contributed by atoms with E-state index < -0.39 is 0 Å². The highest BCUT2D eigenvalue weighted by atomic mass is 16.5. The Morgan fingerprint density at radius 2 is 1.83 bits per heavy atom. The molecule has 1 saturated carbocycles. The summed E-state index contributed by atoms with van der Waals surface area (Å²) in [5, 5.41) is 20.3. The van der Waals surface area contributed by atoms with E-state index in [0.717, 1.165) is 35.3 Å². The molecule has 3 aliphatic carbocycles. The highest BCUT2D eigenvalue weighted by molar-refractivity contribution is 5.51. The molecule has 0 aromatic heterocycles. The van der Waals surface area contributed by atoms with Crippen molar-refractivity contribution in [2.75, 3.05) is 13.7 Å². The van der Waals surface area contributed by atoms with Crippen molar-refractivity contribution in [3.63, 3.8) is 0 Å². The zero-order valence-electron chi connectivity index (χ0n) is 19.9. The molecular formula is C27H42O3. The average molecular weight is 415 g/mol. The van der Waals surface area contributed by atoms with E-state index in [2.05, 4.69) is 52.8 Å². The fraction of sp³-hybridized carbons (Fsp3) is 0.704. The molecule has 4 rings (SSSR count). The summed E-state index contributed by atoms with van der Waals surface area (Å²) >= 11 is 0. The van der Waals surface area contributed by atoms with Gasteiger partial charge in [-0.1, -0.05) is 72.4 Å². The Balaban J connectivity index is 1.99. The molecule has 3 heteroatoms. The molecule has 0 radical (unpaired) electrons. The minimum absolute atomic E-state index is 0.0147. The summed E-state index contributed by atoms with van der Waals surface area (Å²) in [5.74, 6) is 2.07. The van der Waals surface area contributed by atoms with Gasteiger partial charge in [-0.15, -0.1) is 0 Å². The highest BCUT2D eigenvalue weighted by Crippen LogP contribution is 2.64. The second-order valence-corrected chi connectivity index (χ2v) is 10.7. The second kappa shape index (κ2) is 9.04. The third-order valence-electron chi connectivity index (χ3n) is 8.19. The number of hydrogen-bond acceptors (Lipinski definition) is 3. The summed E-state index contributed by atoms with van der Waals surface area (Å²) < 4.78 is 5.92. The maximum absolute atomic E-state index is 10.3. The SMILES string of the molecule is CCCCCCC(C)(C)c1cc(CO)c([C@@H]2C=C(CO)[C@@H]3C[C@H]2C3(C)C)c(OC)c1. The number of aliphatic hydroxyl groups excluding tert-OH is 2. The van der Waals surface area contributed by atoms with Crippen LogP contribution in [0.2, 0.25) is 0 Å². The van der Waals surface area contributed by atoms with E-state index in [1.165, 1.54) is 31.2 Å². The van der Waals surface area contributed by atoms with Crippen molar-refractivity contribution in [2.24, 2.45) is 17.3 Å². The highest BCUT2D eigenvalue weighted by Gasteiger charge is 2.55. The fourth-order valence-electron chi connectivity index (χ4n) is 6.00. The van der Waals surface area contributed by atoms with Crippen LogP contribution in [0.25, 0.3) is 0 Å². The summed E-state index contributed by atoms with van der Waals surface area (Å²) in [6, 6.07) is 4.42. The van der Waals surface area contributed by atoms with Gasteiger partial charge in [0.2, 0.25) is 0 Å². The molecular weight excluding hydrogens is 372 g/mol. The van der Waals surface area contributed by atoms with Gasteiger partial charge in [0.1, 0.15) is 5.75 Å². The summed E-state index contributed by atoms with van der Waals surface area (Å²) in [5.41, 5.74) is 4.71. The molecule has 2 N–H and O–H groups in total. The van der Waals surface area contributed by atoms with Crippen LogP contribution in [0.5, 0.6) is 5.75 Å². The van der Waals surface area contributed by atoms with Crippen molar-refractivity contribution in [3.8, 4) is 5.75 Å². The van der Waals surface area contributed by atoms with Gasteiger partial charge < -0.3 is 14.9 Å². The first-order chi connectivity index (χ1) is 14.2. The molecule has 2 bridgehead atoms. The van der Waals surface area contributed by atoms with E-state index in [9.17, 15) is 10.2 Å². The molecule has 3 nitrogen and oxygen atoms in total. The zero-order chi connectivity index (χ0) is 22.1. The summed E-state index contributed by atoms with van der Waals surface area (Å²) in [6.45, 7) is 11.6. The third kappa shape index (κ3) is 4.08. The van der Waals surface area contributed by atoms with Crippen LogP contribution in [0, 0.1) is 17.3 Å². The molecule has 0 saturated heterocycles. The lowest BCUT2D eigenvalue weighted by molar-refractivity contribution is -0.0260. The lowest BCUT2D eigenvalue weighted by Crippen LogP contribution is -2.52. The van der Waals surface area contributed by atoms with Gasteiger partial charge in [-0.25, -0.2) is 0 Å². The molecule has 1 fully saturated rings. The van der Waals surface area contributed by atoms with Crippen molar-refractivity contribution in [1.29, 1.82) is 0 Å². The molecule has 168 valence electrons. The Bertz CT molecular complexity index is 749. The van der Waals surface area contributed by atoms with Gasteiger partial charge in [0.25, 0.3) is 0 Å². The van der Waals surface area contributed by atoms with E-state index in [4.69, 9.17) is 4.74 Å². The van der Waals surface area contributed by atoms with Crippen LogP contribution >= 0.6 is 0 Å². The number of ether oxygens (including phenoxy) is 1. The maximum Gasteiger partial charge on any atom is 0.123 e. The molecule has 1 aromatic rings. The smallest absolute Gasteiger partial charge is 0.123 e. The number of aliphatic hydroxyl groups is 2. The monoisotopic (exact) mass is 414 g/mol. The first-order valence-electron chi connectivity index (χ1n) is 11.8. The molecule has 0 unspecified atom stereocenters. The first-order valence-corrected chi connectivity index (χ1v) is 11.8. The van der Waals surface area contributed by atoms with Crippen molar-refractivity contribution in [1.82, 2.24) is 0 Å². The molecule has 1 aromatic carbocycles. The van der Waals surface area contributed by atoms with Crippen LogP contribution in [0.4, 0.5) is 0 Å². The van der Waals surface area contributed by atoms with Crippen LogP contribution < -0.4 is 4.74 Å². The van der Waals surface area contributed by atoms with Gasteiger partial charge in [0.05, 0.1) is 20.3 Å². The fourth-order valence-corrected chi connectivity index (χ4v) is 6.00. The quantitative estimate of drug-likeness (QED) is 0.358. The van der Waals surface area contributed by atoms with Crippen LogP contribution in [-0.4, -0.2) is 23.9 Å². The van der Waals surface area contributed by atoms with Gasteiger partial charge in [-0.3, -0.25) is 0 Å². The molecule has 0 heterocycles. The average Bonchev–Trinajstić information content (AvgIpc) is 2.74. The van der Waals surface area contributed by atoms with Crippen molar-refractivity contribution < 1.29 is 14.9 Å². The van der Waals surface area contributed by atoms with Crippen molar-refractivity contribution in [3.05, 3.63) is 40.5 Å². The third-order valence-corrected chi connectivity index (χ3v) is 8.19. The molecule has 0 aliphatic heterocycles. The molecule has 0 spiro atoms. The van der Waals surface area contributed by atoms with E-state index in [1.807, 2.05) is 0 Å². The number of fused-ring (bicyclic) bond motifs is 1. The standard InChI is InChI=1S/C27H42O3/c1-7-8-9-10-11-26(2,3)20-12-19(17-29)25(24(14-20)30-6)21-13-18(16-28)22-15-23(21)27(22,4)5/h12-14,21-23,28-29H,7-11,15-17H2,1-6H3/t21-,22+,23-/m1/s1. The van der Waals surface area contributed by atoms with Crippen LogP contribution in [0.1, 0.15) is 95.8 Å². The number of allylic oxidation sites excluding steroid dienone is 1. The van der Waals surface area contributed by atoms with Gasteiger partial charge in [-0.05, 0) is 58.3 Å². The lowest BCUT2D eigenvalue weighted by atomic mass is 9.45. The van der Waals surface area contributed by atoms with E-state index >= 15 is 0 Å². The minimum atomic E-state index is 0.0147. The minimum Gasteiger partial charge on any atom is -0.496 e. The number of methoxy groups -OCH3 is 1. The van der Waals surface area contributed by atoms with Crippen molar-refractivity contribution >= 4 is 0 Å². The summed E-state index contributed by atoms with van der Waals surface area (Å²) in [4.78, 5) is 0. The predicted octanol–water partition coefficient (Wildman–Crippen LogP) is 6.11. The Labute approximate surface area is 183 Å². The Hall–Kier alpha value is -1.32. The van der Waals surface area contributed by atoms with E-state index in [0.29, 0.717) is 11.8 Å². The molecule has 0 amide bonds. The van der Waals surface area contributed by atoms with Gasteiger partial charge in [-0.2, -0.15) is 0 Å². The number of rotatable bonds is 10. The first kappa shape index (κ1) is 23.3. The summed E-state index contributed by atoms with van der Waals surface area (Å²) in [7, 11) is 1.74. The number of hydrogen-bond donors (Lipinski definition) is 2. The zero-order valence-corrected chi connectivity index (χ0v) is 19.9. The normalized spacial score (nSPS) is 24.9. The molecule has 3 aliphatic rings. The Morgan fingerprint density at radius 3 is 2.40 bits per heavy atom. The van der Waals surface area contributed by atoms with Crippen LogP contribution in [0.15, 0.2) is 23.8 Å². The van der Waals surface area contributed by atoms with Crippen LogP contribution in [-0.2, 0) is 12.0 Å². The maximum atomic E-state index is 10.3. The Kier molecular flexibility index (Phi) is 7.04. The Morgan fingerprint density at radius 1 is 1.10 bits per heavy atom. The van der Waals surface area contributed by atoms with Gasteiger partial charge >= 0.3 is 0 Å². The molecule has 30 heavy (non-hydrogen) atoms. The van der Waals surface area contributed by atoms with Gasteiger partial charge in [0, 0.05) is 11.5 Å².